The van der Waals surface area contributed by atoms with Gasteiger partial charge in [-0.05, 0) is 36.2 Å². The zero-order valence-electron chi connectivity index (χ0n) is 9.41. The molecule has 2 nitrogen and oxygen atoms in total. The Morgan fingerprint density at radius 2 is 2.12 bits per heavy atom. The molecular formula is C14H17NO. The van der Waals surface area contributed by atoms with Crippen molar-refractivity contribution in [2.45, 2.75) is 6.42 Å². The van der Waals surface area contributed by atoms with Crippen molar-refractivity contribution in [2.75, 3.05) is 19.7 Å². The van der Waals surface area contributed by atoms with Crippen molar-refractivity contribution >= 4 is 5.57 Å². The molecule has 0 amide bonds. The highest BCUT2D eigenvalue weighted by molar-refractivity contribution is 5.67. The molecule has 1 N–H and O–H groups in total. The molecular weight excluding hydrogens is 198 g/mol. The summed E-state index contributed by atoms with van der Waals surface area (Å²) in [5.41, 5.74) is 2.72. The average molecular weight is 215 g/mol. The molecule has 1 aliphatic rings. The summed E-state index contributed by atoms with van der Waals surface area (Å²) in [5, 5.41) is 3.31. The summed E-state index contributed by atoms with van der Waals surface area (Å²) in [4.78, 5) is 0. The fraction of sp³-hybridized carbons (Fsp3) is 0.286. The van der Waals surface area contributed by atoms with Crippen molar-refractivity contribution in [3.63, 3.8) is 0 Å². The van der Waals surface area contributed by atoms with Gasteiger partial charge in [0.15, 0.2) is 0 Å². The Labute approximate surface area is 96.6 Å². The maximum atomic E-state index is 5.45. The molecule has 16 heavy (non-hydrogen) atoms. The van der Waals surface area contributed by atoms with Gasteiger partial charge in [-0.25, -0.2) is 0 Å². The van der Waals surface area contributed by atoms with E-state index in [2.05, 4.69) is 30.1 Å². The van der Waals surface area contributed by atoms with Crippen LogP contribution < -0.4 is 10.1 Å². The maximum Gasteiger partial charge on any atom is 0.119 e. The minimum atomic E-state index is 0.561. The second-order valence-corrected chi connectivity index (χ2v) is 3.81. The van der Waals surface area contributed by atoms with Crippen molar-refractivity contribution < 1.29 is 4.74 Å². The van der Waals surface area contributed by atoms with Crippen LogP contribution in [-0.4, -0.2) is 19.7 Å². The van der Waals surface area contributed by atoms with Crippen LogP contribution in [0.2, 0.25) is 0 Å². The van der Waals surface area contributed by atoms with Crippen LogP contribution >= 0.6 is 0 Å². The molecule has 0 fully saturated rings. The second kappa shape index (κ2) is 5.52. The highest BCUT2D eigenvalue weighted by Crippen LogP contribution is 2.22. The van der Waals surface area contributed by atoms with E-state index in [1.807, 2.05) is 12.1 Å². The molecule has 0 saturated heterocycles. The van der Waals surface area contributed by atoms with Crippen LogP contribution in [0, 0.1) is 0 Å². The zero-order valence-corrected chi connectivity index (χ0v) is 9.41. The van der Waals surface area contributed by atoms with Crippen LogP contribution in [0.4, 0.5) is 0 Å². The van der Waals surface area contributed by atoms with E-state index in [1.54, 1.807) is 6.08 Å². The number of benzene rings is 1. The molecule has 0 bridgehead atoms. The number of nitrogens with one attached hydrogen (secondary N) is 1. The smallest absolute Gasteiger partial charge is 0.119 e. The van der Waals surface area contributed by atoms with Gasteiger partial charge in [-0.15, -0.1) is 0 Å². The van der Waals surface area contributed by atoms with Crippen molar-refractivity contribution in [1.29, 1.82) is 0 Å². The highest BCUT2D eigenvalue weighted by Gasteiger charge is 2.05. The zero-order chi connectivity index (χ0) is 11.2. The summed E-state index contributed by atoms with van der Waals surface area (Å²) in [6.45, 7) is 6.23. The third-order valence-electron chi connectivity index (χ3n) is 2.66. The molecule has 1 aromatic rings. The molecule has 2 heteroatoms. The molecule has 0 aromatic heterocycles. The molecule has 0 spiro atoms. The Morgan fingerprint density at radius 3 is 2.75 bits per heavy atom. The minimum Gasteiger partial charge on any atom is -0.490 e. The second-order valence-electron chi connectivity index (χ2n) is 3.81. The fourth-order valence-corrected chi connectivity index (χ4v) is 1.81. The van der Waals surface area contributed by atoms with E-state index in [0.717, 1.165) is 25.3 Å². The van der Waals surface area contributed by atoms with E-state index >= 15 is 0 Å². The molecule has 0 aliphatic carbocycles. The first-order chi connectivity index (χ1) is 7.90. The van der Waals surface area contributed by atoms with Gasteiger partial charge in [0, 0.05) is 6.54 Å². The predicted molar refractivity (Wildman–Crippen MR) is 67.6 cm³/mol. The summed E-state index contributed by atoms with van der Waals surface area (Å²) in [5.74, 6) is 0.901. The van der Waals surface area contributed by atoms with Gasteiger partial charge >= 0.3 is 0 Å². The molecule has 0 unspecified atom stereocenters. The molecule has 0 radical (unpaired) electrons. The SMILES string of the molecule is C=CCOc1ccc(C2=CCNCC2)cc1. The molecule has 2 rings (SSSR count). The number of rotatable bonds is 4. The first-order valence-electron chi connectivity index (χ1n) is 5.64. The normalized spacial score (nSPS) is 15.4. The van der Waals surface area contributed by atoms with Crippen LogP contribution in [0.25, 0.3) is 5.57 Å². The first kappa shape index (κ1) is 11.0. The number of hydrogen-bond donors (Lipinski definition) is 1. The Kier molecular flexibility index (Phi) is 3.78. The van der Waals surface area contributed by atoms with Crippen LogP contribution in [0.15, 0.2) is 43.0 Å². The third kappa shape index (κ3) is 2.74. The van der Waals surface area contributed by atoms with E-state index in [0.29, 0.717) is 6.61 Å². The van der Waals surface area contributed by atoms with Crippen LogP contribution in [-0.2, 0) is 0 Å². The van der Waals surface area contributed by atoms with E-state index in [1.165, 1.54) is 11.1 Å². The van der Waals surface area contributed by atoms with Crippen molar-refractivity contribution in [3.8, 4) is 5.75 Å². The lowest BCUT2D eigenvalue weighted by Gasteiger charge is -2.14. The lowest BCUT2D eigenvalue weighted by molar-refractivity contribution is 0.363. The van der Waals surface area contributed by atoms with E-state index in [9.17, 15) is 0 Å². The van der Waals surface area contributed by atoms with Crippen molar-refractivity contribution in [2.24, 2.45) is 0 Å². The summed E-state index contributed by atoms with van der Waals surface area (Å²) in [7, 11) is 0. The summed E-state index contributed by atoms with van der Waals surface area (Å²) < 4.78 is 5.45. The number of hydrogen-bond acceptors (Lipinski definition) is 2. The number of ether oxygens (including phenoxy) is 1. The van der Waals surface area contributed by atoms with Gasteiger partial charge in [-0.1, -0.05) is 30.9 Å². The summed E-state index contributed by atoms with van der Waals surface area (Å²) in [6, 6.07) is 8.27. The average Bonchev–Trinajstić information content (AvgIpc) is 2.38. The van der Waals surface area contributed by atoms with Gasteiger partial charge in [0.25, 0.3) is 0 Å². The lowest BCUT2D eigenvalue weighted by atomic mass is 10.0. The Balaban J connectivity index is 2.06. The van der Waals surface area contributed by atoms with Gasteiger partial charge in [0.2, 0.25) is 0 Å². The quantitative estimate of drug-likeness (QED) is 0.780. The molecule has 1 heterocycles. The fourth-order valence-electron chi connectivity index (χ4n) is 1.81. The van der Waals surface area contributed by atoms with Gasteiger partial charge in [0.05, 0.1) is 0 Å². The van der Waals surface area contributed by atoms with Gasteiger partial charge in [0.1, 0.15) is 12.4 Å². The lowest BCUT2D eigenvalue weighted by Crippen LogP contribution is -2.19. The summed E-state index contributed by atoms with van der Waals surface area (Å²) >= 11 is 0. The molecule has 1 aliphatic heterocycles. The largest absolute Gasteiger partial charge is 0.490 e. The molecule has 0 saturated carbocycles. The minimum absolute atomic E-state index is 0.561. The monoisotopic (exact) mass is 215 g/mol. The Bertz CT molecular complexity index is 378. The van der Waals surface area contributed by atoms with Gasteiger partial charge in [-0.3, -0.25) is 0 Å². The molecule has 0 atom stereocenters. The van der Waals surface area contributed by atoms with Crippen LogP contribution in [0.3, 0.4) is 0 Å². The van der Waals surface area contributed by atoms with Crippen molar-refractivity contribution in [3.05, 3.63) is 48.6 Å². The van der Waals surface area contributed by atoms with Crippen LogP contribution in [0.5, 0.6) is 5.75 Å². The van der Waals surface area contributed by atoms with E-state index in [4.69, 9.17) is 4.74 Å². The standard InChI is InChI=1S/C14H17NO/c1-2-11-16-14-5-3-12(4-6-14)13-7-9-15-10-8-13/h2-7,15H,1,8-11H2. The molecule has 1 aromatic carbocycles. The van der Waals surface area contributed by atoms with Crippen LogP contribution in [0.1, 0.15) is 12.0 Å². The maximum absolute atomic E-state index is 5.45. The Morgan fingerprint density at radius 1 is 1.31 bits per heavy atom. The Hall–Kier alpha value is -1.54. The predicted octanol–water partition coefficient (Wildman–Crippen LogP) is 2.63. The summed E-state index contributed by atoms with van der Waals surface area (Å²) in [6.07, 6.45) is 5.11. The molecule has 84 valence electrons. The highest BCUT2D eigenvalue weighted by atomic mass is 16.5. The van der Waals surface area contributed by atoms with Gasteiger partial charge < -0.3 is 10.1 Å². The van der Waals surface area contributed by atoms with Crippen molar-refractivity contribution in [1.82, 2.24) is 5.32 Å². The topological polar surface area (TPSA) is 21.3 Å². The third-order valence-corrected chi connectivity index (χ3v) is 2.66. The van der Waals surface area contributed by atoms with E-state index in [-0.39, 0.29) is 0 Å². The van der Waals surface area contributed by atoms with E-state index < -0.39 is 0 Å². The first-order valence-corrected chi connectivity index (χ1v) is 5.64. The van der Waals surface area contributed by atoms with Gasteiger partial charge in [-0.2, -0.15) is 0 Å².